The van der Waals surface area contributed by atoms with Crippen molar-refractivity contribution < 1.29 is 24.3 Å². The molecule has 0 saturated heterocycles. The average Bonchev–Trinajstić information content (AvgIpc) is 3.28. The van der Waals surface area contributed by atoms with Crippen molar-refractivity contribution in [2.75, 3.05) is 6.54 Å². The molecule has 0 fully saturated rings. The molecule has 196 valence electrons. The van der Waals surface area contributed by atoms with Crippen molar-refractivity contribution >= 4 is 34.6 Å². The Hall–Kier alpha value is -4.18. The number of aromatic nitrogens is 1. The van der Waals surface area contributed by atoms with Gasteiger partial charge in [-0.15, -0.1) is 0 Å². The number of rotatable bonds is 12. The highest BCUT2D eigenvalue weighted by molar-refractivity contribution is 5.94. The summed E-state index contributed by atoms with van der Waals surface area (Å²) in [4.78, 5) is 52.9. The summed E-state index contributed by atoms with van der Waals surface area (Å²) >= 11 is 0. The molecule has 1 aromatic heterocycles. The molecule has 3 rings (SSSR count). The van der Waals surface area contributed by atoms with E-state index in [2.05, 4.69) is 20.9 Å². The van der Waals surface area contributed by atoms with Gasteiger partial charge in [0.1, 0.15) is 18.6 Å². The molecule has 3 aromatic rings. The molecule has 2 aromatic carbocycles. The molecule has 0 bridgehead atoms. The smallest absolute Gasteiger partial charge is 0.322 e. The third kappa shape index (κ3) is 7.65. The number of hydrogen-bond donors (Lipinski definition) is 6. The molecule has 7 N–H and O–H groups in total. The van der Waals surface area contributed by atoms with Crippen LogP contribution in [0.3, 0.4) is 0 Å². The van der Waals surface area contributed by atoms with Gasteiger partial charge in [-0.25, -0.2) is 0 Å². The van der Waals surface area contributed by atoms with E-state index in [1.807, 2.05) is 36.5 Å². The van der Waals surface area contributed by atoms with Crippen molar-refractivity contribution in [3.05, 3.63) is 71.9 Å². The van der Waals surface area contributed by atoms with Crippen molar-refractivity contribution in [1.82, 2.24) is 20.9 Å². The van der Waals surface area contributed by atoms with E-state index in [9.17, 15) is 19.2 Å². The van der Waals surface area contributed by atoms with E-state index < -0.39 is 48.4 Å². The lowest BCUT2D eigenvalue weighted by Crippen LogP contribution is -2.58. The van der Waals surface area contributed by atoms with E-state index in [-0.39, 0.29) is 18.8 Å². The number of H-pyrrole nitrogens is 1. The maximum atomic E-state index is 13.2. The van der Waals surface area contributed by atoms with E-state index in [4.69, 9.17) is 10.8 Å². The number of carboxylic acids is 1. The van der Waals surface area contributed by atoms with Crippen LogP contribution < -0.4 is 21.7 Å². The second-order valence-electron chi connectivity index (χ2n) is 9.26. The Morgan fingerprint density at radius 2 is 1.57 bits per heavy atom. The summed E-state index contributed by atoms with van der Waals surface area (Å²) in [7, 11) is 0. The van der Waals surface area contributed by atoms with Gasteiger partial charge in [0, 0.05) is 23.5 Å². The molecule has 0 aliphatic heterocycles. The quantitative estimate of drug-likeness (QED) is 0.215. The predicted octanol–water partition coefficient (Wildman–Crippen LogP) is 1.11. The van der Waals surface area contributed by atoms with Gasteiger partial charge in [-0.1, -0.05) is 62.4 Å². The Bertz CT molecular complexity index is 1240. The zero-order valence-corrected chi connectivity index (χ0v) is 20.9. The van der Waals surface area contributed by atoms with E-state index in [0.717, 1.165) is 22.0 Å². The molecule has 1 heterocycles. The molecule has 0 aliphatic rings. The molecule has 3 atom stereocenters. The fraction of sp³-hybridized carbons (Fsp3) is 0.333. The Balaban J connectivity index is 1.69. The summed E-state index contributed by atoms with van der Waals surface area (Å²) in [6, 6.07) is 13.8. The molecule has 3 amide bonds. The standard InChI is InChI=1S/C27H33N5O5/c1-16(2)24(32-25(35)20(28)13-18-14-29-21-11-7-6-10-19(18)21)27(37)31-22(26(36)30-15-23(33)34)12-17-8-4-3-5-9-17/h3-11,14,16,20,22,24,29H,12-13,15,28H2,1-2H3,(H,30,36)(H,31,37)(H,32,35)(H,33,34). The maximum Gasteiger partial charge on any atom is 0.322 e. The number of nitrogens with one attached hydrogen (secondary N) is 4. The van der Waals surface area contributed by atoms with Gasteiger partial charge < -0.3 is 31.8 Å². The molecule has 0 saturated carbocycles. The Morgan fingerprint density at radius 3 is 2.24 bits per heavy atom. The van der Waals surface area contributed by atoms with Crippen LogP contribution in [0.5, 0.6) is 0 Å². The first-order chi connectivity index (χ1) is 17.7. The maximum absolute atomic E-state index is 13.2. The van der Waals surface area contributed by atoms with Crippen molar-refractivity contribution in [3.63, 3.8) is 0 Å². The lowest BCUT2D eigenvalue weighted by Gasteiger charge is -2.26. The van der Waals surface area contributed by atoms with Crippen LogP contribution in [0.4, 0.5) is 0 Å². The third-order valence-electron chi connectivity index (χ3n) is 6.03. The van der Waals surface area contributed by atoms with Crippen LogP contribution in [0.2, 0.25) is 0 Å². The van der Waals surface area contributed by atoms with Crippen LogP contribution in [0, 0.1) is 5.92 Å². The van der Waals surface area contributed by atoms with Gasteiger partial charge in [0.05, 0.1) is 6.04 Å². The average molecular weight is 508 g/mol. The fourth-order valence-corrected chi connectivity index (χ4v) is 4.03. The van der Waals surface area contributed by atoms with E-state index in [1.165, 1.54) is 0 Å². The van der Waals surface area contributed by atoms with Crippen LogP contribution in [0.15, 0.2) is 60.8 Å². The molecule has 0 spiro atoms. The predicted molar refractivity (Wildman–Crippen MR) is 139 cm³/mol. The molecule has 10 nitrogen and oxygen atoms in total. The highest BCUT2D eigenvalue weighted by Gasteiger charge is 2.30. The molecular formula is C27H33N5O5. The van der Waals surface area contributed by atoms with Gasteiger partial charge >= 0.3 is 5.97 Å². The number of benzene rings is 2. The SMILES string of the molecule is CC(C)C(NC(=O)C(N)Cc1c[nH]c2ccccc12)C(=O)NC(Cc1ccccc1)C(=O)NCC(=O)O. The number of carbonyl (C=O) groups is 4. The van der Waals surface area contributed by atoms with E-state index >= 15 is 0 Å². The number of aromatic amines is 1. The van der Waals surface area contributed by atoms with E-state index in [0.29, 0.717) is 0 Å². The van der Waals surface area contributed by atoms with Gasteiger partial charge in [0.15, 0.2) is 0 Å². The van der Waals surface area contributed by atoms with Crippen molar-refractivity contribution in [3.8, 4) is 0 Å². The Labute approximate surface area is 215 Å². The van der Waals surface area contributed by atoms with E-state index in [1.54, 1.807) is 38.1 Å². The molecule has 0 radical (unpaired) electrons. The summed E-state index contributed by atoms with van der Waals surface area (Å²) in [5.74, 6) is -3.19. The summed E-state index contributed by atoms with van der Waals surface area (Å²) in [5, 5.41) is 17.6. The molecule has 37 heavy (non-hydrogen) atoms. The third-order valence-corrected chi connectivity index (χ3v) is 6.03. The zero-order chi connectivity index (χ0) is 26.9. The van der Waals surface area contributed by atoms with Gasteiger partial charge in [-0.2, -0.15) is 0 Å². The Morgan fingerprint density at radius 1 is 0.892 bits per heavy atom. The minimum Gasteiger partial charge on any atom is -0.480 e. The number of carboxylic acid groups (broad SMARTS) is 1. The first kappa shape index (κ1) is 27.4. The normalized spacial score (nSPS) is 13.5. The molecule has 10 heteroatoms. The monoisotopic (exact) mass is 507 g/mol. The van der Waals surface area contributed by atoms with Crippen molar-refractivity contribution in [1.29, 1.82) is 0 Å². The first-order valence-corrected chi connectivity index (χ1v) is 12.1. The van der Waals surface area contributed by atoms with Gasteiger partial charge in [0.25, 0.3) is 0 Å². The minimum atomic E-state index is -1.20. The largest absolute Gasteiger partial charge is 0.480 e. The first-order valence-electron chi connectivity index (χ1n) is 12.1. The molecule has 0 aliphatic carbocycles. The van der Waals surface area contributed by atoms with Crippen LogP contribution in [0.25, 0.3) is 10.9 Å². The highest BCUT2D eigenvalue weighted by atomic mass is 16.4. The number of carbonyl (C=O) groups excluding carboxylic acids is 3. The minimum absolute atomic E-state index is 0.150. The van der Waals surface area contributed by atoms with Gasteiger partial charge in [-0.3, -0.25) is 19.2 Å². The van der Waals surface area contributed by atoms with Crippen molar-refractivity contribution in [2.24, 2.45) is 11.7 Å². The zero-order valence-electron chi connectivity index (χ0n) is 20.9. The number of fused-ring (bicyclic) bond motifs is 1. The topological polar surface area (TPSA) is 166 Å². The number of hydrogen-bond acceptors (Lipinski definition) is 5. The number of nitrogens with two attached hydrogens (primary N) is 1. The van der Waals surface area contributed by atoms with Crippen LogP contribution in [-0.4, -0.2) is 58.5 Å². The summed E-state index contributed by atoms with van der Waals surface area (Å²) in [6.45, 7) is 2.96. The number of para-hydroxylation sites is 1. The second kappa shape index (κ2) is 12.7. The fourth-order valence-electron chi connectivity index (χ4n) is 4.03. The van der Waals surface area contributed by atoms with Crippen LogP contribution in [-0.2, 0) is 32.0 Å². The lowest BCUT2D eigenvalue weighted by molar-refractivity contribution is -0.138. The van der Waals surface area contributed by atoms with Crippen molar-refractivity contribution in [2.45, 2.75) is 44.8 Å². The number of amides is 3. The summed E-state index contributed by atoms with van der Waals surface area (Å²) < 4.78 is 0. The molecule has 3 unspecified atom stereocenters. The van der Waals surface area contributed by atoms with Crippen LogP contribution in [0.1, 0.15) is 25.0 Å². The summed E-state index contributed by atoms with van der Waals surface area (Å²) in [6.07, 6.45) is 2.24. The van der Waals surface area contributed by atoms with Gasteiger partial charge in [0.2, 0.25) is 17.7 Å². The van der Waals surface area contributed by atoms with Crippen LogP contribution >= 0.6 is 0 Å². The molecular weight excluding hydrogens is 474 g/mol. The highest BCUT2D eigenvalue weighted by Crippen LogP contribution is 2.19. The lowest BCUT2D eigenvalue weighted by atomic mass is 9.99. The second-order valence-corrected chi connectivity index (χ2v) is 9.26. The summed E-state index contributed by atoms with van der Waals surface area (Å²) in [5.41, 5.74) is 8.80. The Kier molecular flexibility index (Phi) is 9.39. The van der Waals surface area contributed by atoms with Gasteiger partial charge in [-0.05, 0) is 29.5 Å². The number of aliphatic carboxylic acids is 1.